The zero-order valence-corrected chi connectivity index (χ0v) is 18.2. The number of aromatic nitrogens is 1. The lowest BCUT2D eigenvalue weighted by Crippen LogP contribution is -2.32. The molecule has 0 atom stereocenters. The predicted octanol–water partition coefficient (Wildman–Crippen LogP) is 4.24. The van der Waals surface area contributed by atoms with Crippen molar-refractivity contribution in [2.45, 2.75) is 17.8 Å². The van der Waals surface area contributed by atoms with Gasteiger partial charge < -0.3 is 14.2 Å². The molecule has 0 unspecified atom stereocenters. The van der Waals surface area contributed by atoms with Crippen molar-refractivity contribution in [3.8, 4) is 28.4 Å². The number of sulfonamides is 1. The SMILES string of the molecule is COc1cc(-c2cccnc2)cc2c1OCCN(S(=O)(=O)c1ccc(OC(F)(F)F)cc1)C2. The normalized spacial score (nSPS) is 14.7. The largest absolute Gasteiger partial charge is 0.573 e. The van der Waals surface area contributed by atoms with Crippen LogP contribution in [0.15, 0.2) is 65.8 Å². The van der Waals surface area contributed by atoms with Crippen LogP contribution < -0.4 is 14.2 Å². The summed E-state index contributed by atoms with van der Waals surface area (Å²) in [6.07, 6.45) is -1.54. The third kappa shape index (κ3) is 5.04. The first-order valence-electron chi connectivity index (χ1n) is 9.77. The van der Waals surface area contributed by atoms with Crippen molar-refractivity contribution in [1.29, 1.82) is 0 Å². The molecule has 2 aromatic carbocycles. The summed E-state index contributed by atoms with van der Waals surface area (Å²) < 4.78 is 79.9. The molecule has 0 fully saturated rings. The molecule has 0 radical (unpaired) electrons. The van der Waals surface area contributed by atoms with Crippen LogP contribution >= 0.6 is 0 Å². The number of benzene rings is 2. The molecule has 1 aliphatic rings. The lowest BCUT2D eigenvalue weighted by atomic mass is 10.0. The van der Waals surface area contributed by atoms with Gasteiger partial charge in [-0.15, -0.1) is 13.2 Å². The summed E-state index contributed by atoms with van der Waals surface area (Å²) in [5.41, 5.74) is 2.18. The predicted molar refractivity (Wildman–Crippen MR) is 112 cm³/mol. The Kier molecular flexibility index (Phi) is 6.17. The highest BCUT2D eigenvalue weighted by Crippen LogP contribution is 2.39. The average Bonchev–Trinajstić information content (AvgIpc) is 3.01. The lowest BCUT2D eigenvalue weighted by Gasteiger charge is -2.20. The van der Waals surface area contributed by atoms with Gasteiger partial charge in [0.25, 0.3) is 0 Å². The number of alkyl halides is 3. The maximum Gasteiger partial charge on any atom is 0.573 e. The molecule has 1 aliphatic heterocycles. The lowest BCUT2D eigenvalue weighted by molar-refractivity contribution is -0.274. The van der Waals surface area contributed by atoms with Crippen LogP contribution in [0.5, 0.6) is 17.2 Å². The second-order valence-corrected chi connectivity index (χ2v) is 9.05. The van der Waals surface area contributed by atoms with E-state index < -0.39 is 22.1 Å². The van der Waals surface area contributed by atoms with E-state index in [-0.39, 0.29) is 24.6 Å². The minimum Gasteiger partial charge on any atom is -0.493 e. The average molecular weight is 480 g/mol. The van der Waals surface area contributed by atoms with Gasteiger partial charge in [0.2, 0.25) is 10.0 Å². The maximum atomic E-state index is 13.2. The van der Waals surface area contributed by atoms with Gasteiger partial charge in [0, 0.05) is 36.6 Å². The first kappa shape index (κ1) is 22.9. The second kappa shape index (κ2) is 8.91. The molecule has 33 heavy (non-hydrogen) atoms. The fraction of sp³-hybridized carbons (Fsp3) is 0.227. The second-order valence-electron chi connectivity index (χ2n) is 7.11. The molecule has 0 amide bonds. The summed E-state index contributed by atoms with van der Waals surface area (Å²) in [6, 6.07) is 11.3. The minimum absolute atomic E-state index is 0.0110. The van der Waals surface area contributed by atoms with Gasteiger partial charge in [-0.3, -0.25) is 4.98 Å². The summed E-state index contributed by atoms with van der Waals surface area (Å²) in [4.78, 5) is 3.95. The van der Waals surface area contributed by atoms with Crippen LogP contribution in [0.1, 0.15) is 5.56 Å². The summed E-state index contributed by atoms with van der Waals surface area (Å²) >= 11 is 0. The van der Waals surface area contributed by atoms with Gasteiger partial charge in [0.1, 0.15) is 12.4 Å². The van der Waals surface area contributed by atoms with Crippen molar-refractivity contribution in [3.63, 3.8) is 0 Å². The third-order valence-electron chi connectivity index (χ3n) is 4.98. The molecule has 0 saturated heterocycles. The Morgan fingerprint density at radius 2 is 1.85 bits per heavy atom. The summed E-state index contributed by atoms with van der Waals surface area (Å²) in [5.74, 6) is 0.396. The third-order valence-corrected chi connectivity index (χ3v) is 6.83. The van der Waals surface area contributed by atoms with Crippen LogP contribution in [0, 0.1) is 0 Å². The molecule has 1 aromatic heterocycles. The van der Waals surface area contributed by atoms with E-state index in [9.17, 15) is 21.6 Å². The smallest absolute Gasteiger partial charge is 0.493 e. The van der Waals surface area contributed by atoms with Crippen molar-refractivity contribution in [1.82, 2.24) is 9.29 Å². The van der Waals surface area contributed by atoms with Gasteiger partial charge in [-0.2, -0.15) is 4.31 Å². The fourth-order valence-corrected chi connectivity index (χ4v) is 4.88. The highest BCUT2D eigenvalue weighted by molar-refractivity contribution is 7.89. The van der Waals surface area contributed by atoms with Crippen LogP contribution in [0.3, 0.4) is 0 Å². The Morgan fingerprint density at radius 1 is 1.09 bits per heavy atom. The molecular formula is C22H19F3N2O5S. The number of hydrogen-bond donors (Lipinski definition) is 0. The van der Waals surface area contributed by atoms with Gasteiger partial charge in [0.15, 0.2) is 11.5 Å². The molecule has 174 valence electrons. The Bertz CT molecular complexity index is 1230. The molecule has 3 aromatic rings. The van der Waals surface area contributed by atoms with E-state index in [4.69, 9.17) is 9.47 Å². The number of ether oxygens (including phenoxy) is 3. The number of pyridine rings is 1. The van der Waals surface area contributed by atoms with Gasteiger partial charge in [-0.1, -0.05) is 6.07 Å². The number of rotatable bonds is 5. The first-order chi connectivity index (χ1) is 15.7. The van der Waals surface area contributed by atoms with E-state index in [0.717, 1.165) is 35.4 Å². The Labute approximate surface area is 188 Å². The Balaban J connectivity index is 1.66. The number of methoxy groups -OCH3 is 1. The van der Waals surface area contributed by atoms with E-state index in [2.05, 4.69) is 9.72 Å². The Morgan fingerprint density at radius 3 is 2.48 bits per heavy atom. The minimum atomic E-state index is -4.86. The van der Waals surface area contributed by atoms with Gasteiger partial charge >= 0.3 is 6.36 Å². The zero-order valence-electron chi connectivity index (χ0n) is 17.4. The van der Waals surface area contributed by atoms with Crippen LogP contribution in [-0.4, -0.2) is 44.3 Å². The van der Waals surface area contributed by atoms with Crippen molar-refractivity contribution in [2.75, 3.05) is 20.3 Å². The standard InChI is InChI=1S/C22H19F3N2O5S/c1-30-20-12-16(15-3-2-8-26-13-15)11-17-14-27(9-10-31-21(17)20)33(28,29)19-6-4-18(5-7-19)32-22(23,24)25/h2-8,11-13H,9-10,14H2,1H3. The number of hydrogen-bond acceptors (Lipinski definition) is 6. The Hall–Kier alpha value is -3.31. The van der Waals surface area contributed by atoms with Crippen molar-refractivity contribution >= 4 is 10.0 Å². The molecule has 0 spiro atoms. The summed E-state index contributed by atoms with van der Waals surface area (Å²) in [5, 5.41) is 0. The molecule has 0 saturated carbocycles. The molecule has 7 nitrogen and oxygen atoms in total. The van der Waals surface area contributed by atoms with E-state index in [1.807, 2.05) is 12.1 Å². The monoisotopic (exact) mass is 480 g/mol. The summed E-state index contributed by atoms with van der Waals surface area (Å²) in [6.45, 7) is 0.107. The molecule has 0 bridgehead atoms. The van der Waals surface area contributed by atoms with Crippen LogP contribution in [0.2, 0.25) is 0 Å². The van der Waals surface area contributed by atoms with Gasteiger partial charge in [-0.25, -0.2) is 8.42 Å². The van der Waals surface area contributed by atoms with E-state index in [1.54, 1.807) is 24.5 Å². The topological polar surface area (TPSA) is 78.0 Å². The quantitative estimate of drug-likeness (QED) is 0.544. The highest BCUT2D eigenvalue weighted by Gasteiger charge is 2.32. The zero-order chi connectivity index (χ0) is 23.6. The molecule has 2 heterocycles. The molecule has 4 rings (SSSR count). The summed E-state index contributed by atoms with van der Waals surface area (Å²) in [7, 11) is -2.53. The molecule has 11 heteroatoms. The van der Waals surface area contributed by atoms with Crippen molar-refractivity contribution < 1.29 is 35.8 Å². The molecule has 0 aliphatic carbocycles. The van der Waals surface area contributed by atoms with Crippen LogP contribution in [-0.2, 0) is 16.6 Å². The van der Waals surface area contributed by atoms with E-state index in [0.29, 0.717) is 17.1 Å². The van der Waals surface area contributed by atoms with Crippen LogP contribution in [0.25, 0.3) is 11.1 Å². The number of halogens is 3. The van der Waals surface area contributed by atoms with Crippen molar-refractivity contribution in [2.24, 2.45) is 0 Å². The molecule has 0 N–H and O–H groups in total. The first-order valence-corrected chi connectivity index (χ1v) is 11.2. The van der Waals surface area contributed by atoms with Crippen molar-refractivity contribution in [3.05, 3.63) is 66.5 Å². The number of nitrogens with zero attached hydrogens (tertiary/aromatic N) is 2. The van der Waals surface area contributed by atoms with Gasteiger partial charge in [0.05, 0.1) is 12.0 Å². The van der Waals surface area contributed by atoms with Gasteiger partial charge in [-0.05, 0) is 48.0 Å². The van der Waals surface area contributed by atoms with E-state index in [1.165, 1.54) is 11.4 Å². The molecular weight excluding hydrogens is 461 g/mol. The van der Waals surface area contributed by atoms with Crippen LogP contribution in [0.4, 0.5) is 13.2 Å². The maximum absolute atomic E-state index is 13.2. The fourth-order valence-electron chi connectivity index (χ4n) is 3.48. The highest BCUT2D eigenvalue weighted by atomic mass is 32.2. The number of fused-ring (bicyclic) bond motifs is 1. The van der Waals surface area contributed by atoms with E-state index >= 15 is 0 Å².